The van der Waals surface area contributed by atoms with Crippen LogP contribution in [0.2, 0.25) is 0 Å². The molecule has 0 spiro atoms. The Kier molecular flexibility index (Phi) is 4.29. The minimum absolute atomic E-state index is 0.0319. The highest BCUT2D eigenvalue weighted by molar-refractivity contribution is 5.92. The molecule has 2 aliphatic rings. The van der Waals surface area contributed by atoms with Crippen LogP contribution < -0.4 is 0 Å². The van der Waals surface area contributed by atoms with Crippen LogP contribution in [0.25, 0.3) is 0 Å². The van der Waals surface area contributed by atoms with E-state index >= 15 is 0 Å². The third-order valence-electron chi connectivity index (χ3n) is 5.07. The van der Waals surface area contributed by atoms with Gasteiger partial charge in [0.1, 0.15) is 5.69 Å². The first-order valence-electron chi connectivity index (χ1n) is 8.96. The molecule has 3 heterocycles. The fourth-order valence-corrected chi connectivity index (χ4v) is 3.51. The van der Waals surface area contributed by atoms with Gasteiger partial charge in [0, 0.05) is 25.9 Å². The zero-order valence-electron chi connectivity index (χ0n) is 14.8. The maximum Gasteiger partial charge on any atom is 0.273 e. The van der Waals surface area contributed by atoms with Gasteiger partial charge >= 0.3 is 0 Å². The summed E-state index contributed by atoms with van der Waals surface area (Å²) >= 11 is 0. The Morgan fingerprint density at radius 3 is 2.92 bits per heavy atom. The van der Waals surface area contributed by atoms with E-state index in [2.05, 4.69) is 10.1 Å². The van der Waals surface area contributed by atoms with Gasteiger partial charge in [-0.2, -0.15) is 5.10 Å². The first-order chi connectivity index (χ1) is 12.1. The zero-order valence-corrected chi connectivity index (χ0v) is 14.8. The third kappa shape index (κ3) is 3.31. The molecule has 2 aromatic heterocycles. The van der Waals surface area contributed by atoms with Crippen molar-refractivity contribution in [3.05, 3.63) is 47.0 Å². The number of nitrogens with zero attached hydrogens (tertiary/aromatic N) is 4. The van der Waals surface area contributed by atoms with E-state index in [1.54, 1.807) is 6.07 Å². The Hall–Kier alpha value is -2.21. The summed E-state index contributed by atoms with van der Waals surface area (Å²) in [6.45, 7) is 3.88. The number of aryl methyl sites for hydroxylation is 2. The van der Waals surface area contributed by atoms with Crippen molar-refractivity contribution >= 4 is 5.91 Å². The molecule has 4 rings (SSSR count). The van der Waals surface area contributed by atoms with Crippen molar-refractivity contribution in [1.82, 2.24) is 19.7 Å². The van der Waals surface area contributed by atoms with E-state index in [0.717, 1.165) is 24.4 Å². The molecular formula is C19H24N4O2. The molecule has 0 N–H and O–H groups in total. The first-order valence-corrected chi connectivity index (χ1v) is 8.96. The molecule has 25 heavy (non-hydrogen) atoms. The summed E-state index contributed by atoms with van der Waals surface area (Å²) in [5.41, 5.74) is 3.65. The number of rotatable bonds is 5. The molecule has 1 aliphatic heterocycles. The van der Waals surface area contributed by atoms with Gasteiger partial charge in [-0.1, -0.05) is 6.07 Å². The van der Waals surface area contributed by atoms with E-state index in [9.17, 15) is 4.79 Å². The van der Waals surface area contributed by atoms with Gasteiger partial charge in [0.2, 0.25) is 0 Å². The van der Waals surface area contributed by atoms with E-state index < -0.39 is 0 Å². The predicted octanol–water partition coefficient (Wildman–Crippen LogP) is 2.29. The SMILES string of the molecule is Cc1cccc(C(=O)N2CCc3cnn(C)c3[C@@H]2COCC2CC2)n1. The van der Waals surface area contributed by atoms with Crippen molar-refractivity contribution in [2.75, 3.05) is 19.8 Å². The summed E-state index contributed by atoms with van der Waals surface area (Å²) < 4.78 is 7.84. The van der Waals surface area contributed by atoms with E-state index in [0.29, 0.717) is 24.8 Å². The van der Waals surface area contributed by atoms with Crippen LogP contribution >= 0.6 is 0 Å². The van der Waals surface area contributed by atoms with E-state index in [4.69, 9.17) is 4.74 Å². The number of carbonyl (C=O) groups is 1. The molecule has 0 saturated heterocycles. The topological polar surface area (TPSA) is 60.2 Å². The zero-order chi connectivity index (χ0) is 17.4. The fraction of sp³-hybridized carbons (Fsp3) is 0.526. The van der Waals surface area contributed by atoms with Gasteiger partial charge in [0.05, 0.1) is 24.5 Å². The largest absolute Gasteiger partial charge is 0.379 e. The number of ether oxygens (including phenoxy) is 1. The van der Waals surface area contributed by atoms with E-state index in [1.165, 1.54) is 18.4 Å². The Morgan fingerprint density at radius 1 is 1.32 bits per heavy atom. The number of amides is 1. The molecule has 1 saturated carbocycles. The average molecular weight is 340 g/mol. The number of fused-ring (bicyclic) bond motifs is 1. The summed E-state index contributed by atoms with van der Waals surface area (Å²) in [6.07, 6.45) is 5.25. The van der Waals surface area contributed by atoms with Crippen LogP contribution in [0.4, 0.5) is 0 Å². The molecule has 1 fully saturated rings. The summed E-state index contributed by atoms with van der Waals surface area (Å²) in [5.74, 6) is 0.674. The Balaban J connectivity index is 1.60. The Morgan fingerprint density at radius 2 is 2.16 bits per heavy atom. The van der Waals surface area contributed by atoms with Gasteiger partial charge < -0.3 is 9.64 Å². The van der Waals surface area contributed by atoms with Crippen molar-refractivity contribution in [3.63, 3.8) is 0 Å². The van der Waals surface area contributed by atoms with Crippen LogP contribution in [0.15, 0.2) is 24.4 Å². The fourth-order valence-electron chi connectivity index (χ4n) is 3.51. The lowest BCUT2D eigenvalue weighted by molar-refractivity contribution is 0.0344. The number of aromatic nitrogens is 3. The van der Waals surface area contributed by atoms with Crippen LogP contribution in [-0.2, 0) is 18.2 Å². The Bertz CT molecular complexity index is 781. The maximum atomic E-state index is 13.1. The lowest BCUT2D eigenvalue weighted by atomic mass is 9.99. The lowest BCUT2D eigenvalue weighted by Gasteiger charge is -2.35. The van der Waals surface area contributed by atoms with Crippen molar-refractivity contribution < 1.29 is 9.53 Å². The van der Waals surface area contributed by atoms with Crippen molar-refractivity contribution in [3.8, 4) is 0 Å². The number of pyridine rings is 1. The number of carbonyl (C=O) groups excluding carboxylic acids is 1. The molecule has 0 aromatic carbocycles. The molecule has 0 radical (unpaired) electrons. The highest BCUT2D eigenvalue weighted by Crippen LogP contribution is 2.33. The summed E-state index contributed by atoms with van der Waals surface area (Å²) in [6, 6.07) is 5.47. The van der Waals surface area contributed by atoms with Crippen molar-refractivity contribution in [2.24, 2.45) is 13.0 Å². The third-order valence-corrected chi connectivity index (χ3v) is 5.07. The quantitative estimate of drug-likeness (QED) is 0.838. The van der Waals surface area contributed by atoms with Crippen LogP contribution in [0.5, 0.6) is 0 Å². The standard InChI is InChI=1S/C19H24N4O2/c1-13-4-3-5-16(21-13)19(24)23-9-8-15-10-20-22(2)18(15)17(23)12-25-11-14-6-7-14/h3-5,10,14,17H,6-9,11-12H2,1-2H3/t17-/m0/s1. The summed E-state index contributed by atoms with van der Waals surface area (Å²) in [5, 5.41) is 4.39. The van der Waals surface area contributed by atoms with Crippen molar-refractivity contribution in [2.45, 2.75) is 32.2 Å². The molecule has 6 nitrogen and oxygen atoms in total. The smallest absolute Gasteiger partial charge is 0.273 e. The minimum atomic E-state index is -0.107. The summed E-state index contributed by atoms with van der Waals surface area (Å²) in [7, 11) is 1.94. The highest BCUT2D eigenvalue weighted by Gasteiger charge is 2.35. The second kappa shape index (κ2) is 6.59. The van der Waals surface area contributed by atoms with Gasteiger partial charge in [0.25, 0.3) is 5.91 Å². The molecule has 1 atom stereocenters. The van der Waals surface area contributed by atoms with Gasteiger partial charge in [-0.05, 0) is 49.8 Å². The molecule has 1 amide bonds. The molecule has 2 aromatic rings. The molecular weight excluding hydrogens is 316 g/mol. The molecule has 0 bridgehead atoms. The molecule has 1 aliphatic carbocycles. The van der Waals surface area contributed by atoms with Gasteiger partial charge in [-0.15, -0.1) is 0 Å². The second-order valence-corrected chi connectivity index (χ2v) is 7.09. The average Bonchev–Trinajstić information content (AvgIpc) is 3.36. The van der Waals surface area contributed by atoms with E-state index in [-0.39, 0.29) is 11.9 Å². The van der Waals surface area contributed by atoms with Gasteiger partial charge in [-0.3, -0.25) is 9.48 Å². The van der Waals surface area contributed by atoms with Crippen LogP contribution in [-0.4, -0.2) is 45.3 Å². The lowest BCUT2D eigenvalue weighted by Crippen LogP contribution is -2.43. The number of hydrogen-bond acceptors (Lipinski definition) is 4. The summed E-state index contributed by atoms with van der Waals surface area (Å²) in [4.78, 5) is 19.4. The highest BCUT2D eigenvalue weighted by atomic mass is 16.5. The predicted molar refractivity (Wildman–Crippen MR) is 93.2 cm³/mol. The van der Waals surface area contributed by atoms with Gasteiger partial charge in [0.15, 0.2) is 0 Å². The van der Waals surface area contributed by atoms with Gasteiger partial charge in [-0.25, -0.2) is 4.98 Å². The van der Waals surface area contributed by atoms with Crippen molar-refractivity contribution in [1.29, 1.82) is 0 Å². The second-order valence-electron chi connectivity index (χ2n) is 7.09. The normalized spacial score (nSPS) is 19.8. The molecule has 0 unspecified atom stereocenters. The number of hydrogen-bond donors (Lipinski definition) is 0. The van der Waals surface area contributed by atoms with Crippen LogP contribution in [0.1, 0.15) is 46.3 Å². The first kappa shape index (κ1) is 16.3. The monoisotopic (exact) mass is 340 g/mol. The maximum absolute atomic E-state index is 13.1. The van der Waals surface area contributed by atoms with Crippen LogP contribution in [0, 0.1) is 12.8 Å². The molecule has 6 heteroatoms. The van der Waals surface area contributed by atoms with E-state index in [1.807, 2.05) is 41.9 Å². The van der Waals surface area contributed by atoms with Crippen LogP contribution in [0.3, 0.4) is 0 Å². The molecule has 132 valence electrons. The Labute approximate surface area is 147 Å². The minimum Gasteiger partial charge on any atom is -0.379 e.